The molecule has 0 saturated heterocycles. The predicted octanol–water partition coefficient (Wildman–Crippen LogP) is 7.01. The minimum atomic E-state index is -4.64. The molecular formula is C21H19BrF6N4O. The van der Waals surface area contributed by atoms with Gasteiger partial charge in [-0.25, -0.2) is 9.67 Å². The monoisotopic (exact) mass is 536 g/mol. The molecule has 0 unspecified atom stereocenters. The second-order valence-corrected chi connectivity index (χ2v) is 8.23. The van der Waals surface area contributed by atoms with E-state index in [-0.39, 0.29) is 28.8 Å². The van der Waals surface area contributed by atoms with E-state index >= 15 is 0 Å². The molecule has 0 saturated carbocycles. The Morgan fingerprint density at radius 3 is 2.27 bits per heavy atom. The number of anilines is 1. The van der Waals surface area contributed by atoms with Gasteiger partial charge in [-0.05, 0) is 60.5 Å². The summed E-state index contributed by atoms with van der Waals surface area (Å²) in [6.07, 6.45) is -6.69. The van der Waals surface area contributed by atoms with Crippen LogP contribution in [0.1, 0.15) is 36.7 Å². The van der Waals surface area contributed by atoms with E-state index in [1.807, 2.05) is 6.92 Å². The Morgan fingerprint density at radius 2 is 1.70 bits per heavy atom. The molecule has 0 fully saturated rings. The number of rotatable bonds is 3. The molecule has 1 aromatic carbocycles. The molecule has 0 atom stereocenters. The van der Waals surface area contributed by atoms with Crippen LogP contribution in [0.5, 0.6) is 5.75 Å². The van der Waals surface area contributed by atoms with Crippen molar-refractivity contribution in [3.63, 3.8) is 0 Å². The number of ether oxygens (including phenoxy) is 1. The molecule has 0 spiro atoms. The van der Waals surface area contributed by atoms with Crippen LogP contribution in [0.15, 0.2) is 45.4 Å². The molecular weight excluding hydrogens is 518 g/mol. The molecule has 33 heavy (non-hydrogen) atoms. The Bertz CT molecular complexity index is 1140. The SMILES string of the molecule is COc1cc(NC2=NC(n3nc(C(F)(F)F)cc3C)=C(Br)C=C(C)CC2)cc(C(F)(F)F)c1. The lowest BCUT2D eigenvalue weighted by Crippen LogP contribution is -2.17. The first-order chi connectivity index (χ1) is 15.3. The summed E-state index contributed by atoms with van der Waals surface area (Å²) in [6, 6.07) is 4.04. The van der Waals surface area contributed by atoms with E-state index in [1.165, 1.54) is 20.1 Å². The van der Waals surface area contributed by atoms with Gasteiger partial charge in [0.05, 0.1) is 17.2 Å². The molecule has 0 radical (unpaired) electrons. The number of benzene rings is 1. The van der Waals surface area contributed by atoms with Crippen molar-refractivity contribution >= 4 is 33.3 Å². The van der Waals surface area contributed by atoms with E-state index in [9.17, 15) is 26.3 Å². The van der Waals surface area contributed by atoms with E-state index in [1.54, 1.807) is 6.08 Å². The van der Waals surface area contributed by atoms with Crippen LogP contribution in [-0.4, -0.2) is 22.7 Å². The van der Waals surface area contributed by atoms with E-state index in [0.717, 1.165) is 28.5 Å². The van der Waals surface area contributed by atoms with Gasteiger partial charge in [0, 0.05) is 23.9 Å². The first kappa shape index (κ1) is 24.9. The van der Waals surface area contributed by atoms with Crippen LogP contribution in [-0.2, 0) is 12.4 Å². The number of amidine groups is 1. The Hall–Kier alpha value is -2.76. The molecule has 1 aliphatic rings. The topological polar surface area (TPSA) is 51.4 Å². The summed E-state index contributed by atoms with van der Waals surface area (Å²) in [5.74, 6) is 0.298. The van der Waals surface area contributed by atoms with Crippen LogP contribution >= 0.6 is 15.9 Å². The maximum Gasteiger partial charge on any atom is 0.435 e. The fraction of sp³-hybridized carbons (Fsp3) is 0.333. The van der Waals surface area contributed by atoms with E-state index in [0.29, 0.717) is 17.3 Å². The van der Waals surface area contributed by atoms with Crippen LogP contribution in [0.4, 0.5) is 32.0 Å². The number of hydrogen-bond donors (Lipinski definition) is 1. The number of halogens is 7. The van der Waals surface area contributed by atoms with E-state index < -0.39 is 23.6 Å². The molecule has 0 amide bonds. The average Bonchev–Trinajstić information content (AvgIpc) is 3.09. The van der Waals surface area contributed by atoms with E-state index in [4.69, 9.17) is 4.74 Å². The average molecular weight is 537 g/mol. The summed E-state index contributed by atoms with van der Waals surface area (Å²) in [7, 11) is 1.25. The van der Waals surface area contributed by atoms with Gasteiger partial charge in [-0.15, -0.1) is 0 Å². The van der Waals surface area contributed by atoms with Gasteiger partial charge < -0.3 is 10.1 Å². The van der Waals surface area contributed by atoms with Crippen molar-refractivity contribution in [2.75, 3.05) is 12.4 Å². The molecule has 2 heterocycles. The highest BCUT2D eigenvalue weighted by molar-refractivity contribution is 9.12. The summed E-state index contributed by atoms with van der Waals surface area (Å²) in [5.41, 5.74) is -0.850. The number of hydrogen-bond acceptors (Lipinski definition) is 4. The first-order valence-corrected chi connectivity index (χ1v) is 10.4. The van der Waals surface area contributed by atoms with Crippen LogP contribution < -0.4 is 10.1 Å². The molecule has 1 aromatic heterocycles. The van der Waals surface area contributed by atoms with Gasteiger partial charge >= 0.3 is 12.4 Å². The molecule has 1 N–H and O–H groups in total. The van der Waals surface area contributed by atoms with Gasteiger partial charge in [-0.3, -0.25) is 0 Å². The normalized spacial score (nSPS) is 15.6. The number of aliphatic imine (C=N–C) groups is 1. The summed E-state index contributed by atoms with van der Waals surface area (Å²) in [4.78, 5) is 4.42. The molecule has 1 aliphatic heterocycles. The quantitative estimate of drug-likeness (QED) is 0.429. The van der Waals surface area contributed by atoms with Gasteiger partial charge in [0.15, 0.2) is 11.5 Å². The maximum atomic E-state index is 13.3. The van der Waals surface area contributed by atoms with Crippen molar-refractivity contribution in [3.8, 4) is 5.75 Å². The highest BCUT2D eigenvalue weighted by atomic mass is 79.9. The van der Waals surface area contributed by atoms with Crippen molar-refractivity contribution in [2.45, 2.75) is 39.0 Å². The lowest BCUT2D eigenvalue weighted by molar-refractivity contribution is -0.141. The maximum absolute atomic E-state index is 13.3. The Balaban J connectivity index is 2.08. The molecule has 3 rings (SSSR count). The van der Waals surface area contributed by atoms with Crippen LogP contribution in [0, 0.1) is 6.92 Å². The Morgan fingerprint density at radius 1 is 1.00 bits per heavy atom. The van der Waals surface area contributed by atoms with Crippen LogP contribution in [0.2, 0.25) is 0 Å². The number of methoxy groups -OCH3 is 1. The molecule has 5 nitrogen and oxygen atoms in total. The Kier molecular flexibility index (Phi) is 6.96. The van der Waals surface area contributed by atoms with E-state index in [2.05, 4.69) is 31.3 Å². The third kappa shape index (κ3) is 5.98. The lowest BCUT2D eigenvalue weighted by atomic mass is 10.1. The van der Waals surface area contributed by atoms with Gasteiger partial charge in [0.25, 0.3) is 0 Å². The molecule has 2 aromatic rings. The molecule has 12 heteroatoms. The summed E-state index contributed by atoms with van der Waals surface area (Å²) in [5, 5.41) is 6.50. The number of aryl methyl sites for hydroxylation is 1. The highest BCUT2D eigenvalue weighted by Crippen LogP contribution is 2.35. The zero-order valence-electron chi connectivity index (χ0n) is 17.7. The highest BCUT2D eigenvalue weighted by Gasteiger charge is 2.35. The van der Waals surface area contributed by atoms with Gasteiger partial charge in [0.1, 0.15) is 11.6 Å². The fourth-order valence-corrected chi connectivity index (χ4v) is 3.74. The Labute approximate surface area is 194 Å². The van der Waals surface area contributed by atoms with Crippen LogP contribution in [0.3, 0.4) is 0 Å². The van der Waals surface area contributed by atoms with Gasteiger partial charge in [-0.1, -0.05) is 5.57 Å². The minimum Gasteiger partial charge on any atom is -0.497 e. The predicted molar refractivity (Wildman–Crippen MR) is 116 cm³/mol. The van der Waals surface area contributed by atoms with Crippen LogP contribution in [0.25, 0.3) is 5.82 Å². The third-order valence-corrected chi connectivity index (χ3v) is 5.30. The van der Waals surface area contributed by atoms with Crippen molar-refractivity contribution in [2.24, 2.45) is 4.99 Å². The number of nitrogens with zero attached hydrogens (tertiary/aromatic N) is 3. The fourth-order valence-electron chi connectivity index (χ4n) is 3.09. The summed E-state index contributed by atoms with van der Waals surface area (Å²) in [6.45, 7) is 3.28. The molecule has 0 bridgehead atoms. The van der Waals surface area contributed by atoms with Crippen molar-refractivity contribution in [1.29, 1.82) is 0 Å². The zero-order valence-corrected chi connectivity index (χ0v) is 19.3. The number of allylic oxidation sites excluding steroid dienone is 3. The van der Waals surface area contributed by atoms with Crippen molar-refractivity contribution in [1.82, 2.24) is 9.78 Å². The second-order valence-electron chi connectivity index (χ2n) is 7.37. The standard InChI is InChI=1S/C21H19BrF6N4O/c1-11-4-5-18(29-14-8-13(20(23,24)25)9-15(10-14)33-3)30-19(16(22)6-11)32-12(2)7-17(31-32)21(26,27)28/h6-10H,4-5H2,1-3H3,(H,29,30). The summed E-state index contributed by atoms with van der Waals surface area (Å²) >= 11 is 3.34. The van der Waals surface area contributed by atoms with Crippen molar-refractivity contribution in [3.05, 3.63) is 57.3 Å². The largest absolute Gasteiger partial charge is 0.497 e. The smallest absolute Gasteiger partial charge is 0.435 e. The van der Waals surface area contributed by atoms with Gasteiger partial charge in [-0.2, -0.15) is 31.4 Å². The zero-order chi connectivity index (χ0) is 24.6. The molecule has 0 aliphatic carbocycles. The number of aromatic nitrogens is 2. The lowest BCUT2D eigenvalue weighted by Gasteiger charge is -2.17. The third-order valence-electron chi connectivity index (χ3n) is 4.72. The number of nitrogens with one attached hydrogen (secondary N) is 1. The van der Waals surface area contributed by atoms with Gasteiger partial charge in [0.2, 0.25) is 0 Å². The number of alkyl halides is 6. The van der Waals surface area contributed by atoms with Crippen molar-refractivity contribution < 1.29 is 31.1 Å². The minimum absolute atomic E-state index is 0.00969. The second kappa shape index (κ2) is 9.24. The molecule has 178 valence electrons. The summed E-state index contributed by atoms with van der Waals surface area (Å²) < 4.78 is 85.7. The first-order valence-electron chi connectivity index (χ1n) is 9.60.